The van der Waals surface area contributed by atoms with E-state index in [1.807, 2.05) is 20.0 Å². The van der Waals surface area contributed by atoms with Crippen molar-refractivity contribution in [1.82, 2.24) is 24.1 Å². The summed E-state index contributed by atoms with van der Waals surface area (Å²) in [7, 11) is 0. The van der Waals surface area contributed by atoms with Crippen molar-refractivity contribution in [2.24, 2.45) is 5.92 Å². The standard InChI is InChI=1S/C27H28FN5O3S/c1-14-21(15(2)36-31-14)17-11-20-22(30-13-17)25-24(26(32-37-25)27(3,4)34)33(20)23(16-6-9-35-10-7-16)19-12-18(28)5-8-29-19/h5,8,11-13,16,23,34H,6-7,9-10H2,1-4H3. The van der Waals surface area contributed by atoms with E-state index in [1.165, 1.54) is 29.9 Å². The molecule has 0 amide bonds. The third-order valence-corrected chi connectivity index (χ3v) is 8.03. The number of aryl methyl sites for hydroxylation is 2. The highest BCUT2D eigenvalue weighted by molar-refractivity contribution is 7.14. The van der Waals surface area contributed by atoms with Crippen molar-refractivity contribution < 1.29 is 18.8 Å². The molecule has 1 saturated heterocycles. The van der Waals surface area contributed by atoms with Gasteiger partial charge in [-0.2, -0.15) is 4.37 Å². The molecular formula is C27H28FN5O3S. The quantitative estimate of drug-likeness (QED) is 0.317. The van der Waals surface area contributed by atoms with E-state index in [9.17, 15) is 9.50 Å². The van der Waals surface area contributed by atoms with Crippen LogP contribution < -0.4 is 0 Å². The number of rotatable bonds is 5. The Labute approximate surface area is 217 Å². The van der Waals surface area contributed by atoms with Crippen LogP contribution in [0, 0.1) is 25.6 Å². The highest BCUT2D eigenvalue weighted by Crippen LogP contribution is 2.44. The van der Waals surface area contributed by atoms with Crippen molar-refractivity contribution in [2.45, 2.75) is 52.2 Å². The molecule has 10 heteroatoms. The van der Waals surface area contributed by atoms with Crippen molar-refractivity contribution in [1.29, 1.82) is 0 Å². The van der Waals surface area contributed by atoms with E-state index in [0.717, 1.165) is 50.9 Å². The topological polar surface area (TPSA) is 99.1 Å². The minimum absolute atomic E-state index is 0.138. The van der Waals surface area contributed by atoms with Gasteiger partial charge in [0.2, 0.25) is 0 Å². The summed E-state index contributed by atoms with van der Waals surface area (Å²) < 4.78 is 33.4. The Bertz CT molecular complexity index is 1590. The van der Waals surface area contributed by atoms with Gasteiger partial charge in [-0.05, 0) is 76.2 Å². The Morgan fingerprint density at radius 3 is 2.65 bits per heavy atom. The molecule has 192 valence electrons. The average Bonchev–Trinajstić information content (AvgIpc) is 3.53. The lowest BCUT2D eigenvalue weighted by Crippen LogP contribution is -2.28. The van der Waals surface area contributed by atoms with Gasteiger partial charge in [0.05, 0.1) is 33.2 Å². The molecule has 5 aromatic heterocycles. The second-order valence-corrected chi connectivity index (χ2v) is 11.0. The van der Waals surface area contributed by atoms with Crippen LogP contribution in [0.15, 0.2) is 35.1 Å². The highest BCUT2D eigenvalue weighted by Gasteiger charge is 2.35. The van der Waals surface area contributed by atoms with Gasteiger partial charge in [0.1, 0.15) is 28.4 Å². The summed E-state index contributed by atoms with van der Waals surface area (Å²) in [6.45, 7) is 8.51. The van der Waals surface area contributed by atoms with Crippen molar-refractivity contribution in [2.75, 3.05) is 13.2 Å². The van der Waals surface area contributed by atoms with Crippen LogP contribution in [0.25, 0.3) is 32.4 Å². The van der Waals surface area contributed by atoms with E-state index in [2.05, 4.69) is 25.1 Å². The Morgan fingerprint density at radius 1 is 1.19 bits per heavy atom. The number of aromatic nitrogens is 5. The lowest BCUT2D eigenvalue weighted by Gasteiger charge is -2.32. The summed E-state index contributed by atoms with van der Waals surface area (Å²) in [5.74, 6) is 0.514. The van der Waals surface area contributed by atoms with Crippen molar-refractivity contribution in [3.8, 4) is 11.1 Å². The largest absolute Gasteiger partial charge is 0.384 e. The summed E-state index contributed by atoms with van der Waals surface area (Å²) in [5, 5.41) is 15.2. The fourth-order valence-electron chi connectivity index (χ4n) is 5.52. The van der Waals surface area contributed by atoms with Gasteiger partial charge in [0, 0.05) is 36.7 Å². The van der Waals surface area contributed by atoms with Gasteiger partial charge in [-0.3, -0.25) is 9.97 Å². The van der Waals surface area contributed by atoms with Crippen molar-refractivity contribution >= 4 is 32.8 Å². The number of ether oxygens (including phenoxy) is 1. The predicted octanol–water partition coefficient (Wildman–Crippen LogP) is 5.70. The maximum absolute atomic E-state index is 14.6. The lowest BCUT2D eigenvalue weighted by molar-refractivity contribution is 0.0542. The summed E-state index contributed by atoms with van der Waals surface area (Å²) in [6, 6.07) is 4.65. The van der Waals surface area contributed by atoms with Gasteiger partial charge < -0.3 is 18.9 Å². The SMILES string of the molecule is Cc1noc(C)c1-c1cnc2c3snc(C(C)(C)O)c3n(C(c3cc(F)ccn3)C3CCOCC3)c2c1. The van der Waals surface area contributed by atoms with Crippen LogP contribution in [0.4, 0.5) is 4.39 Å². The first kappa shape index (κ1) is 24.1. The maximum Gasteiger partial charge on any atom is 0.141 e. The number of fused-ring (bicyclic) bond motifs is 3. The minimum atomic E-state index is -1.19. The zero-order valence-corrected chi connectivity index (χ0v) is 22.0. The van der Waals surface area contributed by atoms with E-state index < -0.39 is 5.60 Å². The van der Waals surface area contributed by atoms with Gasteiger partial charge in [0.25, 0.3) is 0 Å². The van der Waals surface area contributed by atoms with Crippen LogP contribution in [0.1, 0.15) is 55.6 Å². The zero-order valence-electron chi connectivity index (χ0n) is 21.2. The number of halogens is 1. The molecule has 1 atom stereocenters. The van der Waals surface area contributed by atoms with E-state index >= 15 is 0 Å². The number of pyridine rings is 2. The molecule has 1 unspecified atom stereocenters. The smallest absolute Gasteiger partial charge is 0.141 e. The normalized spacial score (nSPS) is 16.2. The molecule has 1 N–H and O–H groups in total. The zero-order chi connectivity index (χ0) is 25.9. The van der Waals surface area contributed by atoms with Crippen LogP contribution in [0.2, 0.25) is 0 Å². The van der Waals surface area contributed by atoms with E-state index in [4.69, 9.17) is 14.2 Å². The third-order valence-electron chi connectivity index (χ3n) is 7.19. The van der Waals surface area contributed by atoms with E-state index in [1.54, 1.807) is 13.8 Å². The third kappa shape index (κ3) is 4.03. The molecule has 37 heavy (non-hydrogen) atoms. The first-order valence-electron chi connectivity index (χ1n) is 12.4. The van der Waals surface area contributed by atoms with Gasteiger partial charge in [-0.1, -0.05) is 5.16 Å². The van der Waals surface area contributed by atoms with Crippen LogP contribution in [-0.2, 0) is 10.3 Å². The van der Waals surface area contributed by atoms with Crippen LogP contribution >= 0.6 is 11.5 Å². The Hall–Kier alpha value is -3.21. The van der Waals surface area contributed by atoms with Crippen LogP contribution in [-0.4, -0.2) is 42.4 Å². The molecule has 0 aliphatic carbocycles. The van der Waals surface area contributed by atoms with Crippen LogP contribution in [0.3, 0.4) is 0 Å². The van der Waals surface area contributed by atoms with E-state index in [0.29, 0.717) is 30.4 Å². The molecule has 0 aromatic carbocycles. The minimum Gasteiger partial charge on any atom is -0.384 e. The second kappa shape index (κ2) is 8.97. The molecule has 0 bridgehead atoms. The summed E-state index contributed by atoms with van der Waals surface area (Å²) >= 11 is 1.32. The molecule has 5 aromatic rings. The summed E-state index contributed by atoms with van der Waals surface area (Å²) in [6.07, 6.45) is 4.94. The first-order chi connectivity index (χ1) is 17.7. The van der Waals surface area contributed by atoms with E-state index in [-0.39, 0.29) is 17.8 Å². The molecule has 0 radical (unpaired) electrons. The molecule has 1 aliphatic rings. The predicted molar refractivity (Wildman–Crippen MR) is 139 cm³/mol. The van der Waals surface area contributed by atoms with Gasteiger partial charge in [-0.25, -0.2) is 4.39 Å². The fourth-order valence-corrected chi connectivity index (χ4v) is 6.54. The highest BCUT2D eigenvalue weighted by atomic mass is 32.1. The number of hydrogen-bond donors (Lipinski definition) is 1. The van der Waals surface area contributed by atoms with Gasteiger partial charge in [0.15, 0.2) is 0 Å². The molecule has 0 saturated carbocycles. The maximum atomic E-state index is 14.6. The van der Waals surface area contributed by atoms with Gasteiger partial charge in [-0.15, -0.1) is 0 Å². The second-order valence-electron chi connectivity index (χ2n) is 10.2. The molecule has 8 nitrogen and oxygen atoms in total. The number of nitrogens with zero attached hydrogens (tertiary/aromatic N) is 5. The lowest BCUT2D eigenvalue weighted by atomic mass is 9.88. The Kier molecular flexibility index (Phi) is 5.85. The average molecular weight is 522 g/mol. The first-order valence-corrected chi connectivity index (χ1v) is 13.2. The Morgan fingerprint density at radius 2 is 1.97 bits per heavy atom. The molecule has 0 spiro atoms. The van der Waals surface area contributed by atoms with Crippen LogP contribution in [0.5, 0.6) is 0 Å². The molecule has 1 fully saturated rings. The van der Waals surface area contributed by atoms with Gasteiger partial charge >= 0.3 is 0 Å². The Balaban J connectivity index is 1.71. The van der Waals surface area contributed by atoms with Crippen molar-refractivity contribution in [3.05, 3.63) is 59.3 Å². The molecule has 1 aliphatic heterocycles. The number of aliphatic hydroxyl groups is 1. The molecule has 6 rings (SSSR count). The summed E-state index contributed by atoms with van der Waals surface area (Å²) in [5.41, 5.74) is 5.03. The number of hydrogen-bond acceptors (Lipinski definition) is 8. The van der Waals surface area contributed by atoms with Crippen molar-refractivity contribution in [3.63, 3.8) is 0 Å². The summed E-state index contributed by atoms with van der Waals surface area (Å²) in [4.78, 5) is 9.52. The molecular weight excluding hydrogens is 493 g/mol. The fraction of sp³-hybridized carbons (Fsp3) is 0.407. The molecule has 6 heterocycles. The monoisotopic (exact) mass is 521 g/mol.